The van der Waals surface area contributed by atoms with E-state index in [2.05, 4.69) is 27.9 Å². The topological polar surface area (TPSA) is 84.2 Å². The third-order valence-corrected chi connectivity index (χ3v) is 6.18. The van der Waals surface area contributed by atoms with Gasteiger partial charge in [0, 0.05) is 44.0 Å². The van der Waals surface area contributed by atoms with Crippen LogP contribution < -0.4 is 10.6 Å². The molecule has 0 atom stereocenters. The van der Waals surface area contributed by atoms with Crippen molar-refractivity contribution in [2.45, 2.75) is 69.9 Å². The highest BCUT2D eigenvalue weighted by Crippen LogP contribution is 2.40. The fourth-order valence-electron chi connectivity index (χ4n) is 4.19. The van der Waals surface area contributed by atoms with E-state index in [1.165, 1.54) is 5.56 Å². The predicted octanol–water partition coefficient (Wildman–Crippen LogP) is 3.98. The van der Waals surface area contributed by atoms with Crippen LogP contribution >= 0.6 is 0 Å². The molecule has 2 aromatic rings. The lowest BCUT2D eigenvalue weighted by molar-refractivity contribution is -0.122. The smallest absolute Gasteiger partial charge is 0.221 e. The average molecular weight is 410 g/mol. The van der Waals surface area contributed by atoms with Crippen LogP contribution in [-0.4, -0.2) is 29.4 Å². The second kappa shape index (κ2) is 10.0. The maximum atomic E-state index is 12.5. The van der Waals surface area contributed by atoms with Crippen molar-refractivity contribution in [2.75, 3.05) is 6.54 Å². The maximum absolute atomic E-state index is 12.5. The van der Waals surface area contributed by atoms with Crippen LogP contribution in [0.1, 0.15) is 79.1 Å². The molecule has 0 bridgehead atoms. The summed E-state index contributed by atoms with van der Waals surface area (Å²) in [6, 6.07) is 12.2. The summed E-state index contributed by atoms with van der Waals surface area (Å²) in [5.74, 6) is 1.90. The molecule has 1 aromatic heterocycles. The molecular formula is C24H31N3O3. The van der Waals surface area contributed by atoms with Gasteiger partial charge in [0.25, 0.3) is 0 Å². The quantitative estimate of drug-likeness (QED) is 0.458. The van der Waals surface area contributed by atoms with Gasteiger partial charge in [0.2, 0.25) is 5.91 Å². The number of aromatic nitrogens is 1. The molecule has 0 saturated heterocycles. The number of carbonyl (C=O) groups is 2. The van der Waals surface area contributed by atoms with Crippen molar-refractivity contribution in [1.82, 2.24) is 15.8 Å². The molecule has 2 N–H and O–H groups in total. The van der Waals surface area contributed by atoms with Gasteiger partial charge in [0.1, 0.15) is 11.5 Å². The highest BCUT2D eigenvalue weighted by Gasteiger charge is 2.30. The molecule has 0 unspecified atom stereocenters. The standard InChI is InChI=1S/C24H31N3O3/c28-22(21-15-23(30-27-21)19-8-9-19)14-17-6-10-20(11-7-17)26-24(29)12-13-25-16-18-4-2-1-3-5-18/h1-5,15,17,19-20,25H,6-14,16H2,(H,26,29). The Morgan fingerprint density at radius 1 is 1.03 bits per heavy atom. The molecule has 160 valence electrons. The number of benzene rings is 1. The minimum atomic E-state index is 0.0858. The van der Waals surface area contributed by atoms with E-state index in [1.54, 1.807) is 0 Å². The minimum Gasteiger partial charge on any atom is -0.360 e. The van der Waals surface area contributed by atoms with Crippen molar-refractivity contribution in [2.24, 2.45) is 5.92 Å². The van der Waals surface area contributed by atoms with Gasteiger partial charge in [-0.25, -0.2) is 0 Å². The molecule has 4 rings (SSSR count). The van der Waals surface area contributed by atoms with Crippen molar-refractivity contribution in [3.63, 3.8) is 0 Å². The lowest BCUT2D eigenvalue weighted by Gasteiger charge is -2.28. The van der Waals surface area contributed by atoms with Gasteiger partial charge >= 0.3 is 0 Å². The molecule has 0 aliphatic heterocycles. The fraction of sp³-hybridized carbons (Fsp3) is 0.542. The summed E-state index contributed by atoms with van der Waals surface area (Å²) < 4.78 is 5.30. The number of carbonyl (C=O) groups excluding carboxylic acids is 2. The number of rotatable bonds is 10. The van der Waals surface area contributed by atoms with E-state index < -0.39 is 0 Å². The molecule has 1 heterocycles. The molecule has 1 aromatic carbocycles. The van der Waals surface area contributed by atoms with Crippen molar-refractivity contribution in [1.29, 1.82) is 0 Å². The van der Waals surface area contributed by atoms with Crippen LogP contribution in [0.2, 0.25) is 0 Å². The molecular weight excluding hydrogens is 378 g/mol. The van der Waals surface area contributed by atoms with Gasteiger partial charge < -0.3 is 15.2 Å². The molecule has 6 heteroatoms. The van der Waals surface area contributed by atoms with Crippen LogP contribution in [0.15, 0.2) is 40.9 Å². The van der Waals surface area contributed by atoms with E-state index in [-0.39, 0.29) is 17.7 Å². The molecule has 6 nitrogen and oxygen atoms in total. The normalized spacial score (nSPS) is 21.3. The van der Waals surface area contributed by atoms with Crippen LogP contribution in [0, 0.1) is 5.92 Å². The molecule has 2 aliphatic carbocycles. The Hall–Kier alpha value is -2.47. The molecule has 2 saturated carbocycles. The third-order valence-electron chi connectivity index (χ3n) is 6.18. The zero-order valence-corrected chi connectivity index (χ0v) is 17.4. The lowest BCUT2D eigenvalue weighted by Crippen LogP contribution is -2.39. The maximum Gasteiger partial charge on any atom is 0.221 e. The van der Waals surface area contributed by atoms with Crippen LogP contribution in [0.5, 0.6) is 0 Å². The van der Waals surface area contributed by atoms with Gasteiger partial charge in [-0.2, -0.15) is 0 Å². The van der Waals surface area contributed by atoms with Crippen molar-refractivity contribution in [3.8, 4) is 0 Å². The number of hydrogen-bond acceptors (Lipinski definition) is 5. The molecule has 1 amide bonds. The Morgan fingerprint density at radius 2 is 1.80 bits per heavy atom. The lowest BCUT2D eigenvalue weighted by atomic mass is 9.82. The zero-order chi connectivity index (χ0) is 20.8. The van der Waals surface area contributed by atoms with E-state index in [9.17, 15) is 9.59 Å². The second-order valence-electron chi connectivity index (χ2n) is 8.71. The first-order valence-corrected chi connectivity index (χ1v) is 11.2. The number of amides is 1. The van der Waals surface area contributed by atoms with Crippen LogP contribution in [0.25, 0.3) is 0 Å². The fourth-order valence-corrected chi connectivity index (χ4v) is 4.19. The van der Waals surface area contributed by atoms with Crippen LogP contribution in [0.3, 0.4) is 0 Å². The van der Waals surface area contributed by atoms with Crippen LogP contribution in [0.4, 0.5) is 0 Å². The van der Waals surface area contributed by atoms with Crippen molar-refractivity contribution in [3.05, 3.63) is 53.4 Å². The highest BCUT2D eigenvalue weighted by molar-refractivity contribution is 5.94. The zero-order valence-electron chi connectivity index (χ0n) is 17.4. The van der Waals surface area contributed by atoms with Crippen molar-refractivity contribution < 1.29 is 14.1 Å². The monoisotopic (exact) mass is 409 g/mol. The molecule has 2 fully saturated rings. The van der Waals surface area contributed by atoms with E-state index >= 15 is 0 Å². The predicted molar refractivity (Wildman–Crippen MR) is 114 cm³/mol. The second-order valence-corrected chi connectivity index (χ2v) is 8.71. The summed E-state index contributed by atoms with van der Waals surface area (Å²) >= 11 is 0. The Bertz CT molecular complexity index is 836. The number of nitrogens with one attached hydrogen (secondary N) is 2. The molecule has 0 radical (unpaired) electrons. The Kier molecular flexibility index (Phi) is 6.95. The van der Waals surface area contributed by atoms with Gasteiger partial charge in [0.05, 0.1) is 0 Å². The summed E-state index contributed by atoms with van der Waals surface area (Å²) in [6.45, 7) is 1.45. The van der Waals surface area contributed by atoms with Gasteiger partial charge in [-0.3, -0.25) is 9.59 Å². The first-order valence-electron chi connectivity index (χ1n) is 11.2. The summed E-state index contributed by atoms with van der Waals surface area (Å²) in [6.07, 6.45) is 7.11. The number of Topliss-reactive ketones (excluding diaryl/α,β-unsaturated/α-hetero) is 1. The Balaban J connectivity index is 1.10. The van der Waals surface area contributed by atoms with E-state index in [0.717, 1.165) is 50.8 Å². The van der Waals surface area contributed by atoms with Gasteiger partial charge in [-0.1, -0.05) is 35.5 Å². The van der Waals surface area contributed by atoms with Crippen molar-refractivity contribution >= 4 is 11.7 Å². The number of ketones is 1. The van der Waals surface area contributed by atoms with E-state index in [1.807, 2.05) is 24.3 Å². The first kappa shape index (κ1) is 20.8. The summed E-state index contributed by atoms with van der Waals surface area (Å²) in [4.78, 5) is 24.7. The summed E-state index contributed by atoms with van der Waals surface area (Å²) in [5.41, 5.74) is 1.70. The average Bonchev–Trinajstić information content (AvgIpc) is 3.49. The van der Waals surface area contributed by atoms with Gasteiger partial charge in [-0.05, 0) is 50.0 Å². The first-order chi connectivity index (χ1) is 14.7. The Labute approximate surface area is 177 Å². The summed E-state index contributed by atoms with van der Waals surface area (Å²) in [7, 11) is 0. The SMILES string of the molecule is O=C(CCNCc1ccccc1)NC1CCC(CC(=O)c2cc(C3CC3)on2)CC1. The largest absolute Gasteiger partial charge is 0.360 e. The highest BCUT2D eigenvalue weighted by atomic mass is 16.5. The minimum absolute atomic E-state index is 0.0858. The van der Waals surface area contributed by atoms with Crippen LogP contribution in [-0.2, 0) is 11.3 Å². The number of hydrogen-bond donors (Lipinski definition) is 2. The third kappa shape index (κ3) is 6.02. The van der Waals surface area contributed by atoms with E-state index in [0.29, 0.717) is 36.9 Å². The van der Waals surface area contributed by atoms with Gasteiger partial charge in [0.15, 0.2) is 5.78 Å². The molecule has 0 spiro atoms. The summed E-state index contributed by atoms with van der Waals surface area (Å²) in [5, 5.41) is 10.4. The Morgan fingerprint density at radius 3 is 2.53 bits per heavy atom. The molecule has 2 aliphatic rings. The van der Waals surface area contributed by atoms with Gasteiger partial charge in [-0.15, -0.1) is 0 Å². The molecule has 30 heavy (non-hydrogen) atoms. The van der Waals surface area contributed by atoms with E-state index in [4.69, 9.17) is 4.52 Å². The number of nitrogens with zero attached hydrogens (tertiary/aromatic N) is 1.